The van der Waals surface area contributed by atoms with Crippen LogP contribution in [0.5, 0.6) is 0 Å². The Labute approximate surface area is 197 Å². The van der Waals surface area contributed by atoms with Crippen LogP contribution in [0.25, 0.3) is 5.69 Å². The van der Waals surface area contributed by atoms with Crippen LogP contribution in [0, 0.1) is 6.92 Å². The molecule has 2 aromatic carbocycles. The Morgan fingerprint density at radius 1 is 1.00 bits per heavy atom. The number of nitrogens with one attached hydrogen (secondary N) is 2. The number of hydrogen-bond acceptors (Lipinski definition) is 6. The van der Waals surface area contributed by atoms with Crippen molar-refractivity contribution in [3.63, 3.8) is 0 Å². The van der Waals surface area contributed by atoms with Crippen LogP contribution < -0.4 is 16.1 Å². The smallest absolute Gasteiger partial charge is 0.416 e. The first-order chi connectivity index (χ1) is 16.6. The average Bonchev–Trinajstić information content (AvgIpc) is 2.79. The number of aryl methyl sites for hydroxylation is 1. The van der Waals surface area contributed by atoms with E-state index in [4.69, 9.17) is 9.47 Å². The van der Waals surface area contributed by atoms with Gasteiger partial charge in [-0.15, -0.1) is 0 Å². The maximum atomic E-state index is 13.1. The molecule has 1 aromatic heterocycles. The van der Waals surface area contributed by atoms with Crippen LogP contribution >= 0.6 is 0 Å². The summed E-state index contributed by atoms with van der Waals surface area (Å²) in [6.07, 6.45) is -5.30. The number of amides is 2. The first kappa shape index (κ1) is 25.4. The fraction of sp³-hybridized carbons (Fsp3) is 0.217. The highest BCUT2D eigenvalue weighted by Gasteiger charge is 2.30. The zero-order chi connectivity index (χ0) is 25.6. The van der Waals surface area contributed by atoms with E-state index in [1.54, 1.807) is 12.1 Å². The van der Waals surface area contributed by atoms with Gasteiger partial charge in [0.2, 0.25) is 5.43 Å². The number of alkyl halides is 3. The third-order valence-electron chi connectivity index (χ3n) is 4.63. The summed E-state index contributed by atoms with van der Waals surface area (Å²) in [5, 5.41) is 8.97. The highest BCUT2D eigenvalue weighted by atomic mass is 19.4. The molecule has 0 aliphatic heterocycles. The number of carbonyl (C=O) groups excluding carboxylic acids is 2. The van der Waals surface area contributed by atoms with Crippen molar-refractivity contribution < 1.29 is 32.2 Å². The van der Waals surface area contributed by atoms with Gasteiger partial charge in [-0.2, -0.15) is 18.3 Å². The number of nitrogens with zero attached hydrogens (tertiary/aromatic N) is 2. The monoisotopic (exact) mass is 490 g/mol. The van der Waals surface area contributed by atoms with Crippen molar-refractivity contribution in [2.45, 2.75) is 13.1 Å². The van der Waals surface area contributed by atoms with E-state index in [-0.39, 0.29) is 30.3 Å². The van der Waals surface area contributed by atoms with Gasteiger partial charge in [-0.1, -0.05) is 12.1 Å². The standard InChI is InChI=1S/C23H21F3N4O5/c1-14-11-19(31)20(29-30(14)18-8-3-5-15(12-18)23(24,25)26)21(32)27-16-6-4-7-17(13-16)28-22(33)35-10-9-34-2/h3-8,11-13H,9-10H2,1-2H3,(H,27,32)(H,28,33). The molecule has 0 fully saturated rings. The Morgan fingerprint density at radius 3 is 2.37 bits per heavy atom. The zero-order valence-corrected chi connectivity index (χ0v) is 18.7. The van der Waals surface area contributed by atoms with Crippen molar-refractivity contribution in [3.05, 3.63) is 81.8 Å². The van der Waals surface area contributed by atoms with Gasteiger partial charge in [-0.3, -0.25) is 14.9 Å². The molecule has 0 aliphatic rings. The molecule has 35 heavy (non-hydrogen) atoms. The molecule has 0 aliphatic carbocycles. The van der Waals surface area contributed by atoms with Gasteiger partial charge in [0.25, 0.3) is 5.91 Å². The molecule has 0 saturated carbocycles. The second kappa shape index (κ2) is 10.8. The van der Waals surface area contributed by atoms with E-state index < -0.39 is 34.9 Å². The quantitative estimate of drug-likeness (QED) is 0.484. The molecule has 2 amide bonds. The number of benzene rings is 2. The Kier molecular flexibility index (Phi) is 7.87. The predicted molar refractivity (Wildman–Crippen MR) is 121 cm³/mol. The van der Waals surface area contributed by atoms with E-state index in [0.29, 0.717) is 5.69 Å². The van der Waals surface area contributed by atoms with E-state index in [0.717, 1.165) is 22.9 Å². The Morgan fingerprint density at radius 2 is 1.69 bits per heavy atom. The van der Waals surface area contributed by atoms with E-state index in [9.17, 15) is 27.6 Å². The molecular weight excluding hydrogens is 469 g/mol. The topological polar surface area (TPSA) is 112 Å². The van der Waals surface area contributed by atoms with Crippen LogP contribution in [0.1, 0.15) is 21.7 Å². The van der Waals surface area contributed by atoms with Crippen molar-refractivity contribution in [2.24, 2.45) is 0 Å². The van der Waals surface area contributed by atoms with Crippen LogP contribution in [0.15, 0.2) is 59.4 Å². The fourth-order valence-corrected chi connectivity index (χ4v) is 3.02. The molecule has 12 heteroatoms. The highest BCUT2D eigenvalue weighted by Crippen LogP contribution is 2.30. The van der Waals surface area contributed by atoms with Gasteiger partial charge in [0.05, 0.1) is 17.9 Å². The Hall–Kier alpha value is -4.19. The molecule has 0 saturated heterocycles. The predicted octanol–water partition coefficient (Wildman–Crippen LogP) is 4.01. The SMILES string of the molecule is COCCOC(=O)Nc1cccc(NC(=O)c2nn(-c3cccc(C(F)(F)F)c3)c(C)cc2=O)c1. The maximum Gasteiger partial charge on any atom is 0.416 e. The van der Waals surface area contributed by atoms with Crippen molar-refractivity contribution in [2.75, 3.05) is 31.0 Å². The van der Waals surface area contributed by atoms with Crippen molar-refractivity contribution in [1.29, 1.82) is 0 Å². The lowest BCUT2D eigenvalue weighted by molar-refractivity contribution is -0.137. The summed E-state index contributed by atoms with van der Waals surface area (Å²) in [7, 11) is 1.46. The average molecular weight is 490 g/mol. The number of hydrogen-bond donors (Lipinski definition) is 2. The van der Waals surface area contributed by atoms with Gasteiger partial charge in [0.15, 0.2) is 5.69 Å². The van der Waals surface area contributed by atoms with Crippen LogP contribution in [0.2, 0.25) is 0 Å². The van der Waals surface area contributed by atoms with Crippen molar-refractivity contribution >= 4 is 23.4 Å². The van der Waals surface area contributed by atoms with Crippen LogP contribution in [0.4, 0.5) is 29.3 Å². The number of rotatable bonds is 7. The van der Waals surface area contributed by atoms with Gasteiger partial charge >= 0.3 is 12.3 Å². The summed E-state index contributed by atoms with van der Waals surface area (Å²) in [5.41, 5.74) is -1.32. The van der Waals surface area contributed by atoms with Gasteiger partial charge in [0, 0.05) is 30.2 Å². The highest BCUT2D eigenvalue weighted by molar-refractivity contribution is 6.03. The van der Waals surface area contributed by atoms with Gasteiger partial charge < -0.3 is 14.8 Å². The minimum Gasteiger partial charge on any atom is -0.447 e. The summed E-state index contributed by atoms with van der Waals surface area (Å²) < 4.78 is 50.1. The summed E-state index contributed by atoms with van der Waals surface area (Å²) in [6, 6.07) is 11.5. The third-order valence-corrected chi connectivity index (χ3v) is 4.63. The van der Waals surface area contributed by atoms with E-state index in [2.05, 4.69) is 15.7 Å². The maximum absolute atomic E-state index is 13.1. The summed E-state index contributed by atoms with van der Waals surface area (Å²) >= 11 is 0. The van der Waals surface area contributed by atoms with Gasteiger partial charge in [-0.25, -0.2) is 9.48 Å². The largest absolute Gasteiger partial charge is 0.447 e. The van der Waals surface area contributed by atoms with E-state index in [1.807, 2.05) is 0 Å². The molecule has 0 unspecified atom stereocenters. The molecule has 2 N–H and O–H groups in total. The number of halogens is 3. The van der Waals surface area contributed by atoms with Crippen molar-refractivity contribution in [1.82, 2.24) is 9.78 Å². The Balaban J connectivity index is 1.82. The molecule has 3 rings (SSSR count). The summed E-state index contributed by atoms with van der Waals surface area (Å²) in [5.74, 6) is -0.879. The molecule has 184 valence electrons. The zero-order valence-electron chi connectivity index (χ0n) is 18.7. The second-order valence-corrected chi connectivity index (χ2v) is 7.25. The fourth-order valence-electron chi connectivity index (χ4n) is 3.02. The van der Waals surface area contributed by atoms with Gasteiger partial charge in [0.1, 0.15) is 6.61 Å². The van der Waals surface area contributed by atoms with E-state index in [1.165, 1.54) is 38.3 Å². The molecule has 0 atom stereocenters. The molecule has 9 nitrogen and oxygen atoms in total. The minimum absolute atomic E-state index is 0.0320. The molecule has 1 heterocycles. The van der Waals surface area contributed by atoms with Crippen LogP contribution in [0.3, 0.4) is 0 Å². The normalized spacial score (nSPS) is 11.1. The molecule has 3 aromatic rings. The minimum atomic E-state index is -4.57. The first-order valence-corrected chi connectivity index (χ1v) is 10.2. The van der Waals surface area contributed by atoms with Crippen LogP contribution in [-0.4, -0.2) is 42.1 Å². The summed E-state index contributed by atoms with van der Waals surface area (Å²) in [6.45, 7) is 1.76. The molecule has 0 radical (unpaired) electrons. The summed E-state index contributed by atoms with van der Waals surface area (Å²) in [4.78, 5) is 37.0. The van der Waals surface area contributed by atoms with E-state index >= 15 is 0 Å². The third kappa shape index (κ3) is 6.67. The lowest BCUT2D eigenvalue weighted by atomic mass is 10.2. The van der Waals surface area contributed by atoms with Crippen LogP contribution in [-0.2, 0) is 15.7 Å². The number of aromatic nitrogens is 2. The number of carbonyl (C=O) groups is 2. The molecule has 0 spiro atoms. The van der Waals surface area contributed by atoms with Gasteiger partial charge in [-0.05, 0) is 43.3 Å². The molecule has 0 bridgehead atoms. The van der Waals surface area contributed by atoms with Crippen molar-refractivity contribution in [3.8, 4) is 5.69 Å². The Bertz CT molecular complexity index is 1290. The molecular formula is C23H21F3N4O5. The number of methoxy groups -OCH3 is 1. The lowest BCUT2D eigenvalue weighted by Gasteiger charge is -2.14. The lowest BCUT2D eigenvalue weighted by Crippen LogP contribution is -2.27. The second-order valence-electron chi connectivity index (χ2n) is 7.25. The first-order valence-electron chi connectivity index (χ1n) is 10.2. The number of ether oxygens (including phenoxy) is 2. The number of anilines is 2.